The molecule has 1 unspecified atom stereocenters. The van der Waals surface area contributed by atoms with Gasteiger partial charge in [-0.05, 0) is 44.2 Å². The molecule has 0 aromatic carbocycles. The molecular formula is C18H27N3O2. The van der Waals surface area contributed by atoms with Gasteiger partial charge in [-0.1, -0.05) is 20.3 Å². The number of nitrogens with one attached hydrogen (secondary N) is 1. The van der Waals surface area contributed by atoms with Crippen molar-refractivity contribution in [2.75, 3.05) is 13.1 Å². The van der Waals surface area contributed by atoms with Crippen LogP contribution in [0.15, 0.2) is 18.3 Å². The molecule has 1 saturated heterocycles. The van der Waals surface area contributed by atoms with Crippen molar-refractivity contribution < 1.29 is 9.59 Å². The molecule has 1 aliphatic heterocycles. The number of nitrogens with zero attached hydrogens (tertiary/aromatic N) is 2. The maximum Gasteiger partial charge on any atom is 0.269 e. The summed E-state index contributed by atoms with van der Waals surface area (Å²) >= 11 is 0. The predicted octanol–water partition coefficient (Wildman–Crippen LogP) is 3.02. The number of unbranched alkanes of at least 4 members (excludes halogenated alkanes) is 1. The topological polar surface area (TPSA) is 62.3 Å². The van der Waals surface area contributed by atoms with Crippen LogP contribution >= 0.6 is 0 Å². The number of amides is 2. The molecule has 2 amide bonds. The number of piperidine rings is 1. The normalized spacial score (nSPS) is 17.8. The Morgan fingerprint density at radius 3 is 2.91 bits per heavy atom. The van der Waals surface area contributed by atoms with Crippen LogP contribution in [0.2, 0.25) is 0 Å². The van der Waals surface area contributed by atoms with E-state index in [-0.39, 0.29) is 11.8 Å². The van der Waals surface area contributed by atoms with Crippen LogP contribution in [-0.4, -0.2) is 40.8 Å². The van der Waals surface area contributed by atoms with E-state index < -0.39 is 0 Å². The second kappa shape index (κ2) is 8.65. The van der Waals surface area contributed by atoms with Crippen molar-refractivity contribution in [1.29, 1.82) is 0 Å². The summed E-state index contributed by atoms with van der Waals surface area (Å²) in [4.78, 5) is 30.9. The fraction of sp³-hybridized carbons (Fsp3) is 0.611. The molecule has 126 valence electrons. The predicted molar refractivity (Wildman–Crippen MR) is 90.4 cm³/mol. The Kier molecular flexibility index (Phi) is 6.56. The van der Waals surface area contributed by atoms with Crippen molar-refractivity contribution in [3.8, 4) is 0 Å². The first-order valence-corrected chi connectivity index (χ1v) is 8.72. The standard InChI is InChI=1S/C18H27N3O2/c1-3-5-10-20-17(22)16-13-14(9-11-19-16)18(23)21-12-7-6-8-15(21)4-2/h9,11,13,15H,3-8,10,12H2,1-2H3,(H,20,22). The van der Waals surface area contributed by atoms with Crippen molar-refractivity contribution in [2.45, 2.75) is 58.4 Å². The first-order chi connectivity index (χ1) is 11.2. The number of carbonyl (C=O) groups excluding carboxylic acids is 2. The smallest absolute Gasteiger partial charge is 0.269 e. The average Bonchev–Trinajstić information content (AvgIpc) is 2.61. The van der Waals surface area contributed by atoms with Gasteiger partial charge in [0, 0.05) is 30.9 Å². The van der Waals surface area contributed by atoms with Crippen molar-refractivity contribution >= 4 is 11.8 Å². The summed E-state index contributed by atoms with van der Waals surface area (Å²) in [7, 11) is 0. The molecule has 2 heterocycles. The Balaban J connectivity index is 2.09. The van der Waals surface area contributed by atoms with Crippen LogP contribution in [0.25, 0.3) is 0 Å². The Bertz CT molecular complexity index is 545. The summed E-state index contributed by atoms with van der Waals surface area (Å²) in [5.41, 5.74) is 0.873. The van der Waals surface area contributed by atoms with E-state index in [1.165, 1.54) is 6.42 Å². The number of pyridine rings is 1. The summed E-state index contributed by atoms with van der Waals surface area (Å²) in [5.74, 6) is -0.194. The van der Waals surface area contributed by atoms with E-state index in [1.807, 2.05) is 4.90 Å². The number of likely N-dealkylation sites (tertiary alicyclic amines) is 1. The molecule has 1 atom stereocenters. The average molecular weight is 317 g/mol. The van der Waals surface area contributed by atoms with E-state index in [0.717, 1.165) is 38.6 Å². The zero-order valence-corrected chi connectivity index (χ0v) is 14.2. The molecule has 5 nitrogen and oxygen atoms in total. The van der Waals surface area contributed by atoms with Crippen molar-refractivity contribution in [3.63, 3.8) is 0 Å². The van der Waals surface area contributed by atoms with Crippen molar-refractivity contribution in [2.24, 2.45) is 0 Å². The van der Waals surface area contributed by atoms with Crippen LogP contribution in [0.1, 0.15) is 73.2 Å². The largest absolute Gasteiger partial charge is 0.351 e. The number of aromatic nitrogens is 1. The van der Waals surface area contributed by atoms with Crippen molar-refractivity contribution in [1.82, 2.24) is 15.2 Å². The third kappa shape index (κ3) is 4.53. The zero-order chi connectivity index (χ0) is 16.7. The van der Waals surface area contributed by atoms with Crippen LogP contribution in [0, 0.1) is 0 Å². The van der Waals surface area contributed by atoms with E-state index in [4.69, 9.17) is 0 Å². The van der Waals surface area contributed by atoms with Gasteiger partial charge in [0.15, 0.2) is 0 Å². The summed E-state index contributed by atoms with van der Waals surface area (Å²) < 4.78 is 0. The van der Waals surface area contributed by atoms with E-state index in [2.05, 4.69) is 24.1 Å². The summed E-state index contributed by atoms with van der Waals surface area (Å²) in [6, 6.07) is 3.63. The molecule has 0 saturated carbocycles. The number of carbonyl (C=O) groups is 2. The minimum atomic E-state index is -0.209. The fourth-order valence-corrected chi connectivity index (χ4v) is 3.02. The minimum Gasteiger partial charge on any atom is -0.351 e. The highest BCUT2D eigenvalue weighted by Crippen LogP contribution is 2.21. The number of hydrogen-bond acceptors (Lipinski definition) is 3. The molecule has 0 aliphatic carbocycles. The molecule has 0 bridgehead atoms. The summed E-state index contributed by atoms with van der Waals surface area (Å²) in [6.45, 7) is 5.64. The van der Waals surface area contributed by atoms with E-state index in [1.54, 1.807) is 18.3 Å². The lowest BCUT2D eigenvalue weighted by Crippen LogP contribution is -2.43. The van der Waals surface area contributed by atoms with Crippen LogP contribution in [0.4, 0.5) is 0 Å². The summed E-state index contributed by atoms with van der Waals surface area (Å²) in [5, 5.41) is 2.84. The first-order valence-electron chi connectivity index (χ1n) is 8.72. The molecule has 1 aromatic rings. The first kappa shape index (κ1) is 17.4. The van der Waals surface area contributed by atoms with Crippen LogP contribution in [0.3, 0.4) is 0 Å². The zero-order valence-electron chi connectivity index (χ0n) is 14.2. The highest BCUT2D eigenvalue weighted by atomic mass is 16.2. The molecule has 2 rings (SSSR count). The molecule has 5 heteroatoms. The number of hydrogen-bond donors (Lipinski definition) is 1. The van der Waals surface area contributed by atoms with Gasteiger partial charge in [-0.15, -0.1) is 0 Å². The Morgan fingerprint density at radius 2 is 2.17 bits per heavy atom. The maximum absolute atomic E-state index is 12.8. The second-order valence-corrected chi connectivity index (χ2v) is 6.10. The second-order valence-electron chi connectivity index (χ2n) is 6.10. The fourth-order valence-electron chi connectivity index (χ4n) is 3.02. The molecule has 0 radical (unpaired) electrons. The molecule has 1 aromatic heterocycles. The third-order valence-corrected chi connectivity index (χ3v) is 4.41. The number of rotatable bonds is 6. The van der Waals surface area contributed by atoms with E-state index >= 15 is 0 Å². The van der Waals surface area contributed by atoms with Gasteiger partial charge >= 0.3 is 0 Å². The van der Waals surface area contributed by atoms with Crippen LogP contribution in [0.5, 0.6) is 0 Å². The molecule has 0 spiro atoms. The SMILES string of the molecule is CCCCNC(=O)c1cc(C(=O)N2CCCCC2CC)ccn1. The molecular weight excluding hydrogens is 290 g/mol. The van der Waals surface area contributed by atoms with Crippen LogP contribution in [-0.2, 0) is 0 Å². The summed E-state index contributed by atoms with van der Waals surface area (Å²) in [6.07, 6.45) is 7.79. The molecule has 23 heavy (non-hydrogen) atoms. The van der Waals surface area contributed by atoms with Gasteiger partial charge in [-0.3, -0.25) is 14.6 Å². The third-order valence-electron chi connectivity index (χ3n) is 4.41. The van der Waals surface area contributed by atoms with Crippen molar-refractivity contribution in [3.05, 3.63) is 29.6 Å². The highest BCUT2D eigenvalue weighted by Gasteiger charge is 2.26. The highest BCUT2D eigenvalue weighted by molar-refractivity contribution is 5.98. The van der Waals surface area contributed by atoms with E-state index in [0.29, 0.717) is 23.8 Å². The Labute approximate surface area is 138 Å². The van der Waals surface area contributed by atoms with Crippen LogP contribution < -0.4 is 5.32 Å². The van der Waals surface area contributed by atoms with Gasteiger partial charge in [0.1, 0.15) is 5.69 Å². The molecule has 1 aliphatic rings. The van der Waals surface area contributed by atoms with Gasteiger partial charge in [0.05, 0.1) is 0 Å². The lowest BCUT2D eigenvalue weighted by molar-refractivity contribution is 0.0608. The lowest BCUT2D eigenvalue weighted by atomic mass is 9.99. The van der Waals surface area contributed by atoms with Gasteiger partial charge in [0.2, 0.25) is 0 Å². The van der Waals surface area contributed by atoms with E-state index in [9.17, 15) is 9.59 Å². The molecule has 1 N–H and O–H groups in total. The van der Waals surface area contributed by atoms with Gasteiger partial charge in [-0.2, -0.15) is 0 Å². The maximum atomic E-state index is 12.8. The Morgan fingerprint density at radius 1 is 1.35 bits per heavy atom. The quantitative estimate of drug-likeness (QED) is 0.820. The Hall–Kier alpha value is -1.91. The van der Waals surface area contributed by atoms with Gasteiger partial charge in [-0.25, -0.2) is 0 Å². The van der Waals surface area contributed by atoms with Gasteiger partial charge in [0.25, 0.3) is 11.8 Å². The van der Waals surface area contributed by atoms with Gasteiger partial charge < -0.3 is 10.2 Å². The minimum absolute atomic E-state index is 0.0153. The lowest BCUT2D eigenvalue weighted by Gasteiger charge is -2.35. The molecule has 1 fully saturated rings. The monoisotopic (exact) mass is 317 g/mol.